The monoisotopic (exact) mass is 288 g/mol. The van der Waals surface area contributed by atoms with Crippen molar-refractivity contribution in [2.45, 2.75) is 38.4 Å². The van der Waals surface area contributed by atoms with Gasteiger partial charge in [0.25, 0.3) is 0 Å². The van der Waals surface area contributed by atoms with Crippen LogP contribution in [0.15, 0.2) is 15.2 Å². The number of hydrogen-bond donors (Lipinski definition) is 2. The van der Waals surface area contributed by atoms with Gasteiger partial charge in [0.15, 0.2) is 0 Å². The predicted octanol–water partition coefficient (Wildman–Crippen LogP) is 2.74. The van der Waals surface area contributed by atoms with Gasteiger partial charge in [-0.1, -0.05) is 0 Å². The second kappa shape index (κ2) is 5.43. The van der Waals surface area contributed by atoms with Gasteiger partial charge >= 0.3 is 0 Å². The highest BCUT2D eigenvalue weighted by Gasteiger charge is 2.20. The van der Waals surface area contributed by atoms with Gasteiger partial charge < -0.3 is 10.6 Å². The van der Waals surface area contributed by atoms with Crippen LogP contribution in [-0.2, 0) is 6.54 Å². The van der Waals surface area contributed by atoms with Crippen molar-refractivity contribution in [2.75, 3.05) is 6.54 Å². The summed E-state index contributed by atoms with van der Waals surface area (Å²) in [5, 5.41) is 9.24. The Balaban J connectivity index is 1.63. The van der Waals surface area contributed by atoms with E-state index in [0.29, 0.717) is 6.04 Å². The van der Waals surface area contributed by atoms with Gasteiger partial charge in [-0.05, 0) is 52.7 Å². The van der Waals surface area contributed by atoms with Crippen molar-refractivity contribution in [3.63, 3.8) is 0 Å². The maximum Gasteiger partial charge on any atom is 0.0701 e. The van der Waals surface area contributed by atoms with Gasteiger partial charge in [0.1, 0.15) is 0 Å². The summed E-state index contributed by atoms with van der Waals surface area (Å²) in [7, 11) is 0. The third kappa shape index (κ3) is 4.23. The minimum atomic E-state index is 0.546. The third-order valence-electron chi connectivity index (χ3n) is 2.57. The molecule has 0 aromatic carbocycles. The first-order valence-electron chi connectivity index (χ1n) is 5.43. The van der Waals surface area contributed by atoms with Gasteiger partial charge in [-0.3, -0.25) is 0 Å². The van der Waals surface area contributed by atoms with E-state index in [-0.39, 0.29) is 0 Å². The molecule has 4 heteroatoms. The summed E-state index contributed by atoms with van der Waals surface area (Å²) in [5.41, 5.74) is 1.37. The van der Waals surface area contributed by atoms with E-state index < -0.39 is 0 Å². The lowest BCUT2D eigenvalue weighted by Crippen LogP contribution is -2.36. The van der Waals surface area contributed by atoms with Crippen LogP contribution < -0.4 is 10.6 Å². The second-order valence-electron chi connectivity index (χ2n) is 4.22. The zero-order valence-electron chi connectivity index (χ0n) is 8.92. The first-order valence-corrected chi connectivity index (χ1v) is 7.11. The fourth-order valence-corrected chi connectivity index (χ4v) is 2.64. The Labute approximate surface area is 104 Å². The van der Waals surface area contributed by atoms with Crippen LogP contribution >= 0.6 is 27.3 Å². The molecule has 15 heavy (non-hydrogen) atoms. The summed E-state index contributed by atoms with van der Waals surface area (Å²) in [5.74, 6) is 0. The molecule has 1 heterocycles. The molecule has 0 saturated heterocycles. The van der Waals surface area contributed by atoms with E-state index in [4.69, 9.17) is 0 Å². The van der Waals surface area contributed by atoms with E-state index >= 15 is 0 Å². The van der Waals surface area contributed by atoms with E-state index in [0.717, 1.165) is 19.1 Å². The van der Waals surface area contributed by atoms with Crippen molar-refractivity contribution < 1.29 is 0 Å². The van der Waals surface area contributed by atoms with Gasteiger partial charge in [-0.2, -0.15) is 0 Å². The van der Waals surface area contributed by atoms with Crippen LogP contribution in [0.4, 0.5) is 0 Å². The van der Waals surface area contributed by atoms with Crippen molar-refractivity contribution in [3.05, 3.63) is 20.8 Å². The van der Waals surface area contributed by atoms with E-state index in [9.17, 15) is 0 Å². The lowest BCUT2D eigenvalue weighted by molar-refractivity contribution is 0.500. The molecule has 1 aliphatic rings. The maximum atomic E-state index is 3.53. The summed E-state index contributed by atoms with van der Waals surface area (Å²) in [6.07, 6.45) is 2.73. The molecule has 1 saturated carbocycles. The molecule has 0 spiro atoms. The molecule has 1 unspecified atom stereocenters. The molecule has 1 aromatic heterocycles. The van der Waals surface area contributed by atoms with E-state index in [1.165, 1.54) is 22.2 Å². The summed E-state index contributed by atoms with van der Waals surface area (Å²) >= 11 is 5.22. The minimum Gasteiger partial charge on any atom is -0.312 e. The topological polar surface area (TPSA) is 24.1 Å². The summed E-state index contributed by atoms with van der Waals surface area (Å²) in [6, 6.07) is 3.53. The first kappa shape index (κ1) is 11.6. The highest BCUT2D eigenvalue weighted by molar-refractivity contribution is 9.11. The zero-order chi connectivity index (χ0) is 10.7. The fourth-order valence-electron chi connectivity index (χ4n) is 1.43. The third-order valence-corrected chi connectivity index (χ3v) is 4.12. The normalized spacial score (nSPS) is 18.0. The Hall–Kier alpha value is 0.100. The van der Waals surface area contributed by atoms with Crippen LogP contribution in [-0.4, -0.2) is 18.6 Å². The highest BCUT2D eigenvalue weighted by atomic mass is 79.9. The Morgan fingerprint density at radius 2 is 2.40 bits per heavy atom. The van der Waals surface area contributed by atoms with Crippen LogP contribution in [0.2, 0.25) is 0 Å². The van der Waals surface area contributed by atoms with Gasteiger partial charge in [0.05, 0.1) is 3.79 Å². The molecular formula is C11H17BrN2S. The number of thiophene rings is 1. The molecule has 0 aliphatic heterocycles. The Kier molecular flexibility index (Phi) is 4.20. The molecule has 0 radical (unpaired) electrons. The lowest BCUT2D eigenvalue weighted by Gasteiger charge is -2.13. The molecule has 2 N–H and O–H groups in total. The van der Waals surface area contributed by atoms with E-state index in [2.05, 4.69) is 44.9 Å². The van der Waals surface area contributed by atoms with Gasteiger partial charge in [-0.15, -0.1) is 11.3 Å². The SMILES string of the molecule is CC(CNC1CC1)NCc1csc(Br)c1. The molecular weight excluding hydrogens is 272 g/mol. The van der Waals surface area contributed by atoms with Crippen LogP contribution in [0.1, 0.15) is 25.3 Å². The zero-order valence-corrected chi connectivity index (χ0v) is 11.3. The molecule has 1 aromatic rings. The molecule has 1 atom stereocenters. The van der Waals surface area contributed by atoms with Crippen LogP contribution in [0.25, 0.3) is 0 Å². The summed E-state index contributed by atoms with van der Waals surface area (Å²) in [6.45, 7) is 4.28. The largest absolute Gasteiger partial charge is 0.312 e. The average Bonchev–Trinajstić information content (AvgIpc) is 2.95. The van der Waals surface area contributed by atoms with Crippen LogP contribution in [0.3, 0.4) is 0 Å². The summed E-state index contributed by atoms with van der Waals surface area (Å²) < 4.78 is 1.21. The summed E-state index contributed by atoms with van der Waals surface area (Å²) in [4.78, 5) is 0. The molecule has 84 valence electrons. The number of nitrogens with one attached hydrogen (secondary N) is 2. The maximum absolute atomic E-state index is 3.53. The molecule has 2 rings (SSSR count). The lowest BCUT2D eigenvalue weighted by atomic mass is 10.3. The Morgan fingerprint density at radius 1 is 1.60 bits per heavy atom. The van der Waals surface area contributed by atoms with Crippen molar-refractivity contribution >= 4 is 27.3 Å². The molecule has 2 nitrogen and oxygen atoms in total. The highest BCUT2D eigenvalue weighted by Crippen LogP contribution is 2.20. The predicted molar refractivity (Wildman–Crippen MR) is 69.3 cm³/mol. The quantitative estimate of drug-likeness (QED) is 0.841. The van der Waals surface area contributed by atoms with Crippen molar-refractivity contribution in [2.24, 2.45) is 0 Å². The molecule has 0 amide bonds. The van der Waals surface area contributed by atoms with Gasteiger partial charge in [0, 0.05) is 25.2 Å². The number of rotatable bonds is 6. The second-order valence-corrected chi connectivity index (χ2v) is 6.51. The smallest absolute Gasteiger partial charge is 0.0701 e. The van der Waals surface area contributed by atoms with E-state index in [1.807, 2.05) is 0 Å². The first-order chi connectivity index (χ1) is 7.24. The van der Waals surface area contributed by atoms with Crippen molar-refractivity contribution in [1.29, 1.82) is 0 Å². The van der Waals surface area contributed by atoms with Crippen LogP contribution in [0.5, 0.6) is 0 Å². The number of hydrogen-bond acceptors (Lipinski definition) is 3. The van der Waals surface area contributed by atoms with Crippen molar-refractivity contribution in [3.8, 4) is 0 Å². The number of halogens is 1. The van der Waals surface area contributed by atoms with Gasteiger partial charge in [0.2, 0.25) is 0 Å². The fraction of sp³-hybridized carbons (Fsp3) is 0.636. The van der Waals surface area contributed by atoms with E-state index in [1.54, 1.807) is 11.3 Å². The van der Waals surface area contributed by atoms with Crippen LogP contribution in [0, 0.1) is 0 Å². The standard InChI is InChI=1S/C11H17BrN2S/c1-8(5-14-10-2-3-10)13-6-9-4-11(12)15-7-9/h4,7-8,10,13-14H,2-3,5-6H2,1H3. The van der Waals surface area contributed by atoms with Crippen molar-refractivity contribution in [1.82, 2.24) is 10.6 Å². The Morgan fingerprint density at radius 3 is 3.00 bits per heavy atom. The minimum absolute atomic E-state index is 0.546. The average molecular weight is 289 g/mol. The Bertz CT molecular complexity index is 309. The molecule has 1 aliphatic carbocycles. The van der Waals surface area contributed by atoms with Gasteiger partial charge in [-0.25, -0.2) is 0 Å². The molecule has 1 fully saturated rings. The molecule has 0 bridgehead atoms.